The highest BCUT2D eigenvalue weighted by molar-refractivity contribution is 5.94. The fourth-order valence-electron chi connectivity index (χ4n) is 4.51. The van der Waals surface area contributed by atoms with E-state index in [1.807, 2.05) is 0 Å². The second kappa shape index (κ2) is 7.87. The van der Waals surface area contributed by atoms with Gasteiger partial charge in [-0.25, -0.2) is 8.78 Å². The van der Waals surface area contributed by atoms with Crippen molar-refractivity contribution in [3.63, 3.8) is 0 Å². The molecular weight excluding hydrogens is 380 g/mol. The molecule has 1 aromatic heterocycles. The summed E-state index contributed by atoms with van der Waals surface area (Å²) in [5, 5.41) is 0. The molecule has 152 valence electrons. The maximum Gasteiger partial charge on any atom is 0.256 e. The topological polar surface area (TPSA) is 62.7 Å². The number of methoxy groups -OCH3 is 1. The van der Waals surface area contributed by atoms with Gasteiger partial charge in [-0.05, 0) is 23.8 Å². The second-order valence-electron chi connectivity index (χ2n) is 7.47. The van der Waals surface area contributed by atoms with Crippen molar-refractivity contribution >= 4 is 11.8 Å². The summed E-state index contributed by atoms with van der Waals surface area (Å²) in [6.07, 6.45) is 2.40. The fourth-order valence-corrected chi connectivity index (χ4v) is 4.51. The number of ether oxygens (including phenoxy) is 1. The number of rotatable bonds is 4. The molecule has 29 heavy (non-hydrogen) atoms. The van der Waals surface area contributed by atoms with Gasteiger partial charge >= 0.3 is 0 Å². The largest absolute Gasteiger partial charge is 0.375 e. The number of aromatic nitrogens is 1. The number of hydrogen-bond donors (Lipinski definition) is 0. The molecule has 0 spiro atoms. The molecule has 0 saturated carbocycles. The van der Waals surface area contributed by atoms with E-state index in [-0.39, 0.29) is 41.8 Å². The summed E-state index contributed by atoms with van der Waals surface area (Å²) < 4.78 is 32.9. The van der Waals surface area contributed by atoms with Crippen LogP contribution >= 0.6 is 0 Å². The van der Waals surface area contributed by atoms with Gasteiger partial charge in [0.1, 0.15) is 12.4 Å². The molecule has 2 aromatic rings. The van der Waals surface area contributed by atoms with E-state index in [9.17, 15) is 18.4 Å². The van der Waals surface area contributed by atoms with Crippen LogP contribution in [0, 0.1) is 23.5 Å². The first kappa shape index (κ1) is 19.4. The van der Waals surface area contributed by atoms with Crippen LogP contribution in [0.3, 0.4) is 0 Å². The van der Waals surface area contributed by atoms with Gasteiger partial charge < -0.3 is 14.5 Å². The Hall–Kier alpha value is -2.87. The van der Waals surface area contributed by atoms with E-state index in [1.54, 1.807) is 21.9 Å². The highest BCUT2D eigenvalue weighted by Crippen LogP contribution is 2.45. The molecule has 0 radical (unpaired) electrons. The van der Waals surface area contributed by atoms with E-state index < -0.39 is 11.7 Å². The summed E-state index contributed by atoms with van der Waals surface area (Å²) in [5.74, 6) is -1.64. The van der Waals surface area contributed by atoms with Crippen LogP contribution in [0.5, 0.6) is 0 Å². The SMILES string of the molecule is COCC(=O)N1C[C@H]2CN(C(=O)c3ccncc3F)C[C@H]2[C@@H]1c1cccc(F)c1. The molecule has 3 heterocycles. The van der Waals surface area contributed by atoms with Crippen LogP contribution < -0.4 is 0 Å². The summed E-state index contributed by atoms with van der Waals surface area (Å²) in [6.45, 7) is 1.16. The van der Waals surface area contributed by atoms with Crippen LogP contribution in [0.15, 0.2) is 42.7 Å². The Morgan fingerprint density at radius 1 is 1.21 bits per heavy atom. The van der Waals surface area contributed by atoms with Crippen molar-refractivity contribution in [3.8, 4) is 0 Å². The van der Waals surface area contributed by atoms with Gasteiger partial charge in [-0.2, -0.15) is 0 Å². The van der Waals surface area contributed by atoms with Gasteiger partial charge in [-0.15, -0.1) is 0 Å². The van der Waals surface area contributed by atoms with Gasteiger partial charge in [0.2, 0.25) is 5.91 Å². The summed E-state index contributed by atoms with van der Waals surface area (Å²) in [7, 11) is 1.45. The van der Waals surface area contributed by atoms with Crippen molar-refractivity contribution in [1.29, 1.82) is 0 Å². The summed E-state index contributed by atoms with van der Waals surface area (Å²) in [6, 6.07) is 7.18. The minimum atomic E-state index is -0.659. The van der Waals surface area contributed by atoms with Crippen LogP contribution in [0.4, 0.5) is 8.78 Å². The molecule has 2 aliphatic rings. The monoisotopic (exact) mass is 401 g/mol. The van der Waals surface area contributed by atoms with Crippen molar-refractivity contribution in [2.24, 2.45) is 11.8 Å². The van der Waals surface area contributed by atoms with Crippen molar-refractivity contribution in [3.05, 3.63) is 65.5 Å². The van der Waals surface area contributed by atoms with Crippen molar-refractivity contribution < 1.29 is 23.1 Å². The van der Waals surface area contributed by atoms with Gasteiger partial charge in [-0.3, -0.25) is 14.6 Å². The summed E-state index contributed by atoms with van der Waals surface area (Å²) in [5.41, 5.74) is 0.668. The van der Waals surface area contributed by atoms with E-state index in [2.05, 4.69) is 4.98 Å². The van der Waals surface area contributed by atoms with Gasteiger partial charge in [0.05, 0.1) is 17.8 Å². The summed E-state index contributed by atoms with van der Waals surface area (Å²) >= 11 is 0. The van der Waals surface area contributed by atoms with Gasteiger partial charge in [0.25, 0.3) is 5.91 Å². The molecule has 1 aromatic carbocycles. The Morgan fingerprint density at radius 3 is 2.76 bits per heavy atom. The molecule has 2 aliphatic heterocycles. The third-order valence-electron chi connectivity index (χ3n) is 5.73. The Labute approximate surface area is 167 Å². The van der Waals surface area contributed by atoms with Gasteiger partial charge in [-0.1, -0.05) is 12.1 Å². The first-order chi connectivity index (χ1) is 14.0. The molecule has 3 atom stereocenters. The number of amides is 2. The molecule has 8 heteroatoms. The molecule has 0 unspecified atom stereocenters. The lowest BCUT2D eigenvalue weighted by molar-refractivity contribution is -0.136. The number of fused-ring (bicyclic) bond motifs is 1. The number of pyridine rings is 1. The zero-order valence-electron chi connectivity index (χ0n) is 15.9. The first-order valence-corrected chi connectivity index (χ1v) is 9.42. The first-order valence-electron chi connectivity index (χ1n) is 9.42. The van der Waals surface area contributed by atoms with Crippen LogP contribution in [0.25, 0.3) is 0 Å². The highest BCUT2D eigenvalue weighted by atomic mass is 19.1. The molecule has 0 bridgehead atoms. The molecule has 2 fully saturated rings. The number of carbonyl (C=O) groups is 2. The van der Waals surface area contributed by atoms with Crippen LogP contribution in [0.2, 0.25) is 0 Å². The van der Waals surface area contributed by atoms with E-state index >= 15 is 0 Å². The third-order valence-corrected chi connectivity index (χ3v) is 5.73. The van der Waals surface area contributed by atoms with Gasteiger partial charge in [0.15, 0.2) is 5.82 Å². The number of likely N-dealkylation sites (tertiary alicyclic amines) is 2. The molecule has 0 N–H and O–H groups in total. The smallest absolute Gasteiger partial charge is 0.256 e. The second-order valence-corrected chi connectivity index (χ2v) is 7.47. The number of halogens is 2. The van der Waals surface area contributed by atoms with E-state index in [0.717, 1.165) is 6.20 Å². The van der Waals surface area contributed by atoms with Crippen LogP contribution in [-0.4, -0.2) is 59.9 Å². The number of benzene rings is 1. The average molecular weight is 401 g/mol. The molecule has 6 nitrogen and oxygen atoms in total. The quantitative estimate of drug-likeness (QED) is 0.789. The zero-order valence-corrected chi connectivity index (χ0v) is 15.9. The van der Waals surface area contributed by atoms with E-state index in [4.69, 9.17) is 4.74 Å². The number of carbonyl (C=O) groups excluding carboxylic acids is 2. The molecule has 2 amide bonds. The standard InChI is InChI=1S/C21H21F2N3O3/c1-29-12-19(27)26-10-14-9-25(21(28)16-5-6-24-8-18(16)23)11-17(14)20(26)13-3-2-4-15(22)7-13/h2-8,14,17,20H,9-12H2,1H3/t14-,17-,20+/m1/s1. The highest BCUT2D eigenvalue weighted by Gasteiger charge is 2.50. The maximum atomic E-state index is 14.0. The third kappa shape index (κ3) is 3.60. The predicted octanol–water partition coefficient (Wildman–Crippen LogP) is 2.28. The summed E-state index contributed by atoms with van der Waals surface area (Å²) in [4.78, 5) is 32.4. The van der Waals surface area contributed by atoms with E-state index in [1.165, 1.54) is 31.5 Å². The zero-order chi connectivity index (χ0) is 20.5. The fraction of sp³-hybridized carbons (Fsp3) is 0.381. The number of hydrogen-bond acceptors (Lipinski definition) is 4. The van der Waals surface area contributed by atoms with Crippen molar-refractivity contribution in [2.75, 3.05) is 33.4 Å². The maximum absolute atomic E-state index is 14.0. The Balaban J connectivity index is 1.61. The van der Waals surface area contributed by atoms with Crippen molar-refractivity contribution in [2.45, 2.75) is 6.04 Å². The normalized spacial score (nSPS) is 23.3. The van der Waals surface area contributed by atoms with Crippen LogP contribution in [0.1, 0.15) is 22.0 Å². The van der Waals surface area contributed by atoms with Gasteiger partial charge in [0, 0.05) is 44.8 Å². The Kier molecular flexibility index (Phi) is 5.27. The minimum Gasteiger partial charge on any atom is -0.375 e. The lowest BCUT2D eigenvalue weighted by Crippen LogP contribution is -2.39. The minimum absolute atomic E-state index is 0.0189. The lowest BCUT2D eigenvalue weighted by atomic mass is 9.89. The Bertz CT molecular complexity index is 939. The predicted molar refractivity (Wildman–Crippen MR) is 99.8 cm³/mol. The Morgan fingerprint density at radius 2 is 2.03 bits per heavy atom. The van der Waals surface area contributed by atoms with Crippen molar-refractivity contribution in [1.82, 2.24) is 14.8 Å². The molecular formula is C21H21F2N3O3. The number of nitrogens with zero attached hydrogens (tertiary/aromatic N) is 3. The molecule has 4 rings (SSSR count). The molecule has 2 saturated heterocycles. The lowest BCUT2D eigenvalue weighted by Gasteiger charge is -2.30. The van der Waals surface area contributed by atoms with E-state index in [0.29, 0.717) is 25.2 Å². The average Bonchev–Trinajstić information content (AvgIpc) is 3.26. The molecule has 0 aliphatic carbocycles. The van der Waals surface area contributed by atoms with Crippen LogP contribution in [-0.2, 0) is 9.53 Å².